The molecule has 0 amide bonds. The van der Waals surface area contributed by atoms with Crippen LogP contribution in [0.4, 0.5) is 0 Å². The minimum atomic E-state index is 0.217. The van der Waals surface area contributed by atoms with E-state index in [4.69, 9.17) is 16.3 Å². The number of ether oxygens (including phenoxy) is 1. The molecule has 0 spiro atoms. The molecule has 0 aliphatic carbocycles. The fraction of sp³-hybridized carbons (Fsp3) is 0.467. The second-order valence-corrected chi connectivity index (χ2v) is 5.02. The van der Waals surface area contributed by atoms with Gasteiger partial charge in [-0.3, -0.25) is 0 Å². The summed E-state index contributed by atoms with van der Waals surface area (Å²) in [5, 5.41) is 4.36. The van der Waals surface area contributed by atoms with E-state index in [0.717, 1.165) is 36.6 Å². The van der Waals surface area contributed by atoms with E-state index in [-0.39, 0.29) is 6.04 Å². The van der Waals surface area contributed by atoms with Crippen LogP contribution in [0, 0.1) is 6.92 Å². The Labute approximate surface area is 114 Å². The molecule has 1 heterocycles. The summed E-state index contributed by atoms with van der Waals surface area (Å²) in [5.74, 6) is 0. The molecule has 1 aliphatic rings. The van der Waals surface area contributed by atoms with Crippen LogP contribution in [0.25, 0.3) is 0 Å². The molecule has 1 N–H and O–H groups in total. The molecule has 0 aromatic heterocycles. The topological polar surface area (TPSA) is 21.3 Å². The first-order valence-corrected chi connectivity index (χ1v) is 6.90. The van der Waals surface area contributed by atoms with Crippen LogP contribution in [0.1, 0.15) is 36.9 Å². The SMILES string of the molecule is CCNC(C1=COCCC1)c1cccc(Cl)c1C. The fourth-order valence-corrected chi connectivity index (χ4v) is 2.56. The van der Waals surface area contributed by atoms with Gasteiger partial charge in [-0.25, -0.2) is 0 Å². The van der Waals surface area contributed by atoms with E-state index in [0.29, 0.717) is 0 Å². The standard InChI is InChI=1S/C15H20ClNO/c1-3-17-15(12-6-5-9-18-10-12)13-7-4-8-14(16)11(13)2/h4,7-8,10,15,17H,3,5-6,9H2,1-2H3. The lowest BCUT2D eigenvalue weighted by molar-refractivity contribution is 0.219. The molecular weight excluding hydrogens is 246 g/mol. The molecule has 0 saturated heterocycles. The summed E-state index contributed by atoms with van der Waals surface area (Å²) in [6.45, 7) is 5.95. The van der Waals surface area contributed by atoms with E-state index >= 15 is 0 Å². The molecule has 0 bridgehead atoms. The van der Waals surface area contributed by atoms with E-state index in [2.05, 4.69) is 25.2 Å². The first-order valence-electron chi connectivity index (χ1n) is 6.53. The molecule has 1 unspecified atom stereocenters. The number of nitrogens with one attached hydrogen (secondary N) is 1. The first kappa shape index (κ1) is 13.4. The zero-order valence-electron chi connectivity index (χ0n) is 11.0. The molecule has 2 rings (SSSR count). The number of hydrogen-bond donors (Lipinski definition) is 1. The molecule has 1 aliphatic heterocycles. The van der Waals surface area contributed by atoms with Crippen molar-refractivity contribution in [2.75, 3.05) is 13.2 Å². The van der Waals surface area contributed by atoms with Crippen molar-refractivity contribution < 1.29 is 4.74 Å². The second kappa shape index (κ2) is 6.26. The predicted molar refractivity (Wildman–Crippen MR) is 75.9 cm³/mol. The molecule has 2 nitrogen and oxygen atoms in total. The van der Waals surface area contributed by atoms with Gasteiger partial charge >= 0.3 is 0 Å². The Bertz CT molecular complexity index is 442. The highest BCUT2D eigenvalue weighted by Crippen LogP contribution is 2.32. The highest BCUT2D eigenvalue weighted by atomic mass is 35.5. The third kappa shape index (κ3) is 2.88. The van der Waals surface area contributed by atoms with Crippen LogP contribution in [0.3, 0.4) is 0 Å². The molecule has 3 heteroatoms. The van der Waals surface area contributed by atoms with E-state index in [1.165, 1.54) is 11.1 Å². The lowest BCUT2D eigenvalue weighted by atomic mass is 9.92. The van der Waals surface area contributed by atoms with Gasteiger partial charge in [-0.1, -0.05) is 30.7 Å². The van der Waals surface area contributed by atoms with Gasteiger partial charge in [0, 0.05) is 5.02 Å². The molecule has 0 fully saturated rings. The maximum absolute atomic E-state index is 6.22. The van der Waals surface area contributed by atoms with Crippen LogP contribution in [-0.2, 0) is 4.74 Å². The van der Waals surface area contributed by atoms with Gasteiger partial charge in [-0.15, -0.1) is 0 Å². The number of hydrogen-bond acceptors (Lipinski definition) is 2. The van der Waals surface area contributed by atoms with Gasteiger partial charge in [0.15, 0.2) is 0 Å². The Kier molecular flexibility index (Phi) is 4.67. The maximum Gasteiger partial charge on any atom is 0.0876 e. The lowest BCUT2D eigenvalue weighted by Gasteiger charge is -2.26. The number of benzene rings is 1. The van der Waals surface area contributed by atoms with E-state index in [1.807, 2.05) is 18.4 Å². The summed E-state index contributed by atoms with van der Waals surface area (Å²) in [7, 11) is 0. The van der Waals surface area contributed by atoms with Gasteiger partial charge in [0.1, 0.15) is 0 Å². The highest BCUT2D eigenvalue weighted by Gasteiger charge is 2.20. The van der Waals surface area contributed by atoms with Gasteiger partial charge in [-0.05, 0) is 49.1 Å². The Morgan fingerprint density at radius 1 is 1.44 bits per heavy atom. The molecule has 98 valence electrons. The van der Waals surface area contributed by atoms with Crippen molar-refractivity contribution in [3.05, 3.63) is 46.2 Å². The van der Waals surface area contributed by atoms with Gasteiger partial charge in [0.25, 0.3) is 0 Å². The van der Waals surface area contributed by atoms with Crippen LogP contribution < -0.4 is 5.32 Å². The molecule has 1 atom stereocenters. The van der Waals surface area contributed by atoms with Crippen molar-refractivity contribution in [3.63, 3.8) is 0 Å². The summed E-state index contributed by atoms with van der Waals surface area (Å²) in [6, 6.07) is 6.31. The summed E-state index contributed by atoms with van der Waals surface area (Å²) in [6.07, 6.45) is 4.09. The van der Waals surface area contributed by atoms with Gasteiger partial charge in [0.2, 0.25) is 0 Å². The van der Waals surface area contributed by atoms with Gasteiger partial charge < -0.3 is 10.1 Å². The zero-order chi connectivity index (χ0) is 13.0. The quantitative estimate of drug-likeness (QED) is 0.889. The minimum Gasteiger partial charge on any atom is -0.501 e. The smallest absolute Gasteiger partial charge is 0.0876 e. The van der Waals surface area contributed by atoms with Crippen molar-refractivity contribution in [3.8, 4) is 0 Å². The Balaban J connectivity index is 2.34. The van der Waals surface area contributed by atoms with Crippen LogP contribution in [0.2, 0.25) is 5.02 Å². The van der Waals surface area contributed by atoms with Crippen LogP contribution in [0.5, 0.6) is 0 Å². The molecule has 18 heavy (non-hydrogen) atoms. The van der Waals surface area contributed by atoms with Crippen molar-refractivity contribution >= 4 is 11.6 Å². The van der Waals surface area contributed by atoms with Gasteiger partial charge in [-0.2, -0.15) is 0 Å². The molecule has 1 aromatic carbocycles. The highest BCUT2D eigenvalue weighted by molar-refractivity contribution is 6.31. The second-order valence-electron chi connectivity index (χ2n) is 4.61. The predicted octanol–water partition coefficient (Wildman–Crippen LogP) is 3.99. The minimum absolute atomic E-state index is 0.217. The summed E-state index contributed by atoms with van der Waals surface area (Å²) < 4.78 is 5.47. The number of likely N-dealkylation sites (N-methyl/N-ethyl adjacent to an activating group) is 1. The normalized spacial score (nSPS) is 16.9. The summed E-state index contributed by atoms with van der Waals surface area (Å²) in [5.41, 5.74) is 3.71. The van der Waals surface area contributed by atoms with Crippen molar-refractivity contribution in [1.82, 2.24) is 5.32 Å². The van der Waals surface area contributed by atoms with Crippen molar-refractivity contribution in [2.24, 2.45) is 0 Å². The fourth-order valence-electron chi connectivity index (χ4n) is 2.38. The zero-order valence-corrected chi connectivity index (χ0v) is 11.8. The van der Waals surface area contributed by atoms with E-state index in [1.54, 1.807) is 0 Å². The first-order chi connectivity index (χ1) is 8.74. The third-order valence-electron chi connectivity index (χ3n) is 3.36. The van der Waals surface area contributed by atoms with Crippen LogP contribution in [0.15, 0.2) is 30.0 Å². The van der Waals surface area contributed by atoms with E-state index < -0.39 is 0 Å². The molecule has 1 aromatic rings. The number of halogens is 1. The number of rotatable bonds is 4. The Morgan fingerprint density at radius 2 is 2.28 bits per heavy atom. The Hall–Kier alpha value is -0.990. The summed E-state index contributed by atoms with van der Waals surface area (Å²) in [4.78, 5) is 0. The van der Waals surface area contributed by atoms with Crippen LogP contribution in [-0.4, -0.2) is 13.2 Å². The third-order valence-corrected chi connectivity index (χ3v) is 3.77. The van der Waals surface area contributed by atoms with Crippen LogP contribution >= 0.6 is 11.6 Å². The van der Waals surface area contributed by atoms with Gasteiger partial charge in [0.05, 0.1) is 18.9 Å². The largest absolute Gasteiger partial charge is 0.501 e. The average Bonchev–Trinajstić information content (AvgIpc) is 2.41. The van der Waals surface area contributed by atoms with E-state index in [9.17, 15) is 0 Å². The average molecular weight is 266 g/mol. The summed E-state index contributed by atoms with van der Waals surface area (Å²) >= 11 is 6.22. The molecular formula is C15H20ClNO. The van der Waals surface area contributed by atoms with Crippen molar-refractivity contribution in [1.29, 1.82) is 0 Å². The Morgan fingerprint density at radius 3 is 2.94 bits per heavy atom. The van der Waals surface area contributed by atoms with Crippen molar-refractivity contribution in [2.45, 2.75) is 32.7 Å². The maximum atomic E-state index is 6.22. The molecule has 0 radical (unpaired) electrons. The molecule has 0 saturated carbocycles. The monoisotopic (exact) mass is 265 g/mol. The lowest BCUT2D eigenvalue weighted by Crippen LogP contribution is -2.25.